The molecule has 0 bridgehead atoms. The molecular formula is C19H24OS. The molecule has 0 spiro atoms. The standard InChI is InChI=1S/C19H24OS/c1-4-5-6-10-13-16-18(17(20)14-19(16,2)3)21-15-11-8-7-9-12-15/h4-9,11-12,16,18H,1,10,13-14H2,2-3H3. The van der Waals surface area contributed by atoms with Crippen LogP contribution < -0.4 is 0 Å². The zero-order chi connectivity index (χ0) is 15.3. The van der Waals surface area contributed by atoms with E-state index in [2.05, 4.69) is 38.6 Å². The number of ketones is 1. The largest absolute Gasteiger partial charge is 0.298 e. The average Bonchev–Trinajstić information content (AvgIpc) is 2.66. The fourth-order valence-electron chi connectivity index (χ4n) is 3.12. The molecular weight excluding hydrogens is 276 g/mol. The SMILES string of the molecule is C=CC=CCCC1C(Sc2ccccc2)C(=O)CC1(C)C. The third-order valence-electron chi connectivity index (χ3n) is 4.24. The van der Waals surface area contributed by atoms with Crippen LogP contribution in [0.15, 0.2) is 60.0 Å². The second-order valence-electron chi connectivity index (χ2n) is 6.33. The molecule has 1 aromatic carbocycles. The van der Waals surface area contributed by atoms with Gasteiger partial charge in [-0.1, -0.05) is 56.9 Å². The minimum Gasteiger partial charge on any atom is -0.298 e. The van der Waals surface area contributed by atoms with Crippen molar-refractivity contribution >= 4 is 17.5 Å². The van der Waals surface area contributed by atoms with E-state index >= 15 is 0 Å². The number of allylic oxidation sites excluding steroid dienone is 3. The molecule has 0 heterocycles. The molecule has 21 heavy (non-hydrogen) atoms. The topological polar surface area (TPSA) is 17.1 Å². The van der Waals surface area contributed by atoms with Gasteiger partial charge in [0.05, 0.1) is 5.25 Å². The fraction of sp³-hybridized carbons (Fsp3) is 0.421. The van der Waals surface area contributed by atoms with Crippen LogP contribution in [0.3, 0.4) is 0 Å². The van der Waals surface area contributed by atoms with Crippen LogP contribution in [-0.4, -0.2) is 11.0 Å². The molecule has 2 atom stereocenters. The van der Waals surface area contributed by atoms with Gasteiger partial charge < -0.3 is 0 Å². The molecule has 1 nitrogen and oxygen atoms in total. The van der Waals surface area contributed by atoms with E-state index in [9.17, 15) is 4.79 Å². The van der Waals surface area contributed by atoms with Gasteiger partial charge in [-0.3, -0.25) is 4.79 Å². The van der Waals surface area contributed by atoms with Gasteiger partial charge in [0.15, 0.2) is 0 Å². The lowest BCUT2D eigenvalue weighted by Gasteiger charge is -2.29. The van der Waals surface area contributed by atoms with Crippen LogP contribution in [0, 0.1) is 11.3 Å². The van der Waals surface area contributed by atoms with Crippen molar-refractivity contribution in [3.05, 3.63) is 55.1 Å². The zero-order valence-electron chi connectivity index (χ0n) is 12.9. The second kappa shape index (κ2) is 7.13. The lowest BCUT2D eigenvalue weighted by molar-refractivity contribution is -0.117. The Bertz CT molecular complexity index is 516. The van der Waals surface area contributed by atoms with E-state index in [4.69, 9.17) is 0 Å². The lowest BCUT2D eigenvalue weighted by Crippen LogP contribution is -2.24. The first-order valence-electron chi connectivity index (χ1n) is 7.56. The first-order valence-corrected chi connectivity index (χ1v) is 8.44. The van der Waals surface area contributed by atoms with Crippen molar-refractivity contribution < 1.29 is 4.79 Å². The lowest BCUT2D eigenvalue weighted by atomic mass is 9.79. The third-order valence-corrected chi connectivity index (χ3v) is 5.63. The predicted molar refractivity (Wildman–Crippen MR) is 91.6 cm³/mol. The first-order chi connectivity index (χ1) is 10.0. The molecule has 1 saturated carbocycles. The van der Waals surface area contributed by atoms with E-state index in [-0.39, 0.29) is 10.7 Å². The molecule has 1 aliphatic carbocycles. The Kier molecular flexibility index (Phi) is 5.46. The maximum absolute atomic E-state index is 12.4. The van der Waals surface area contributed by atoms with Crippen molar-refractivity contribution in [2.75, 3.05) is 0 Å². The van der Waals surface area contributed by atoms with E-state index in [0.29, 0.717) is 18.1 Å². The highest BCUT2D eigenvalue weighted by atomic mass is 32.2. The zero-order valence-corrected chi connectivity index (χ0v) is 13.7. The summed E-state index contributed by atoms with van der Waals surface area (Å²) in [4.78, 5) is 13.6. The van der Waals surface area contributed by atoms with E-state index in [1.165, 1.54) is 4.90 Å². The number of thioether (sulfide) groups is 1. The molecule has 1 fully saturated rings. The smallest absolute Gasteiger partial charge is 0.147 e. The summed E-state index contributed by atoms with van der Waals surface area (Å²) in [6.45, 7) is 8.17. The van der Waals surface area contributed by atoms with Crippen LogP contribution in [-0.2, 0) is 4.79 Å². The van der Waals surface area contributed by atoms with Crippen molar-refractivity contribution in [1.82, 2.24) is 0 Å². The summed E-state index contributed by atoms with van der Waals surface area (Å²) in [6, 6.07) is 10.3. The molecule has 1 aliphatic rings. The monoisotopic (exact) mass is 300 g/mol. The van der Waals surface area contributed by atoms with Crippen LogP contribution in [0.2, 0.25) is 0 Å². The van der Waals surface area contributed by atoms with Gasteiger partial charge in [-0.05, 0) is 36.3 Å². The summed E-state index contributed by atoms with van der Waals surface area (Å²) in [5, 5.41) is 0.0968. The minimum atomic E-state index is 0.0968. The summed E-state index contributed by atoms with van der Waals surface area (Å²) in [7, 11) is 0. The summed E-state index contributed by atoms with van der Waals surface area (Å²) in [5.74, 6) is 0.844. The van der Waals surface area contributed by atoms with Crippen molar-refractivity contribution in [2.24, 2.45) is 11.3 Å². The Labute approximate surface area is 132 Å². The fourth-order valence-corrected chi connectivity index (χ4v) is 4.61. The number of hydrogen-bond donors (Lipinski definition) is 0. The Hall–Kier alpha value is -1.28. The Balaban J connectivity index is 2.10. The number of Topliss-reactive ketones (excluding diaryl/α,β-unsaturated/α-hetero) is 1. The number of hydrogen-bond acceptors (Lipinski definition) is 2. The second-order valence-corrected chi connectivity index (χ2v) is 7.55. The maximum Gasteiger partial charge on any atom is 0.147 e. The molecule has 0 N–H and O–H groups in total. The van der Waals surface area contributed by atoms with Gasteiger partial charge in [0.25, 0.3) is 0 Å². The molecule has 2 rings (SSSR count). The minimum absolute atomic E-state index is 0.0968. The molecule has 2 heteroatoms. The first kappa shape index (κ1) is 16.1. The molecule has 0 amide bonds. The Morgan fingerprint density at radius 3 is 2.71 bits per heavy atom. The van der Waals surface area contributed by atoms with Gasteiger partial charge in [-0.15, -0.1) is 11.8 Å². The van der Waals surface area contributed by atoms with E-state index in [1.807, 2.05) is 24.3 Å². The normalized spacial score (nSPS) is 24.6. The summed E-state index contributed by atoms with van der Waals surface area (Å²) < 4.78 is 0. The van der Waals surface area contributed by atoms with Gasteiger partial charge in [-0.2, -0.15) is 0 Å². The van der Waals surface area contributed by atoms with Crippen molar-refractivity contribution in [3.63, 3.8) is 0 Å². The van der Waals surface area contributed by atoms with Gasteiger partial charge >= 0.3 is 0 Å². The number of benzene rings is 1. The van der Waals surface area contributed by atoms with Crippen LogP contribution in [0.4, 0.5) is 0 Å². The molecule has 1 aromatic rings. The van der Waals surface area contributed by atoms with Gasteiger partial charge in [0, 0.05) is 11.3 Å². The Morgan fingerprint density at radius 2 is 2.05 bits per heavy atom. The molecule has 0 aromatic heterocycles. The molecule has 0 aliphatic heterocycles. The van der Waals surface area contributed by atoms with E-state index < -0.39 is 0 Å². The predicted octanol–water partition coefficient (Wildman–Crippen LogP) is 5.28. The van der Waals surface area contributed by atoms with Crippen LogP contribution in [0.5, 0.6) is 0 Å². The highest BCUT2D eigenvalue weighted by Gasteiger charge is 2.47. The maximum atomic E-state index is 12.4. The summed E-state index contributed by atoms with van der Waals surface area (Å²) in [5.41, 5.74) is 0.103. The highest BCUT2D eigenvalue weighted by molar-refractivity contribution is 8.00. The van der Waals surface area contributed by atoms with Crippen LogP contribution >= 0.6 is 11.8 Å². The Morgan fingerprint density at radius 1 is 1.33 bits per heavy atom. The molecule has 0 saturated heterocycles. The van der Waals surface area contributed by atoms with Gasteiger partial charge in [0.2, 0.25) is 0 Å². The van der Waals surface area contributed by atoms with E-state index in [1.54, 1.807) is 17.8 Å². The number of carbonyl (C=O) groups is 1. The molecule has 112 valence electrons. The van der Waals surface area contributed by atoms with Crippen molar-refractivity contribution in [2.45, 2.75) is 43.3 Å². The van der Waals surface area contributed by atoms with Crippen LogP contribution in [0.25, 0.3) is 0 Å². The van der Waals surface area contributed by atoms with E-state index in [0.717, 1.165) is 12.8 Å². The van der Waals surface area contributed by atoms with Gasteiger partial charge in [-0.25, -0.2) is 0 Å². The average molecular weight is 300 g/mol. The molecule has 2 unspecified atom stereocenters. The van der Waals surface area contributed by atoms with Crippen molar-refractivity contribution in [1.29, 1.82) is 0 Å². The van der Waals surface area contributed by atoms with Crippen LogP contribution in [0.1, 0.15) is 33.1 Å². The highest BCUT2D eigenvalue weighted by Crippen LogP contribution is 2.49. The van der Waals surface area contributed by atoms with Gasteiger partial charge in [0.1, 0.15) is 5.78 Å². The number of carbonyl (C=O) groups excluding carboxylic acids is 1. The third kappa shape index (κ3) is 4.10. The quantitative estimate of drug-likeness (QED) is 0.664. The molecule has 0 radical (unpaired) electrons. The van der Waals surface area contributed by atoms with Crippen molar-refractivity contribution in [3.8, 4) is 0 Å². The summed E-state index contributed by atoms with van der Waals surface area (Å²) >= 11 is 1.74. The number of rotatable bonds is 6. The summed E-state index contributed by atoms with van der Waals surface area (Å²) in [6.07, 6.45) is 8.72.